The molecule has 0 aromatic rings. The standard InChI is InChI=1S/Al.Mg.Na.O.Sn. The van der Waals surface area contributed by atoms with Crippen molar-refractivity contribution in [1.82, 2.24) is 0 Å². The van der Waals surface area contributed by atoms with Gasteiger partial charge in [-0.2, -0.15) is 0 Å². The van der Waals surface area contributed by atoms with Gasteiger partial charge in [-0.3, -0.25) is 0 Å². The second-order valence-corrected chi connectivity index (χ2v) is 0. The number of rotatable bonds is 0. The summed E-state index contributed by atoms with van der Waals surface area (Å²) < 4.78 is 8.34. The summed E-state index contributed by atoms with van der Waals surface area (Å²) in [5, 5.41) is 0. The Morgan fingerprint density at radius 3 is 1.20 bits per heavy atom. The van der Waals surface area contributed by atoms with Gasteiger partial charge < -0.3 is 0 Å². The van der Waals surface area contributed by atoms with Gasteiger partial charge in [0.25, 0.3) is 0 Å². The SMILES string of the molecule is [Al].[Mg].[Na].[O]=[Sn]. The minimum absolute atomic E-state index is 0. The van der Waals surface area contributed by atoms with E-state index in [1.54, 1.807) is 0 Å². The van der Waals surface area contributed by atoms with Crippen molar-refractivity contribution in [2.45, 2.75) is 0 Å². The van der Waals surface area contributed by atoms with Gasteiger partial charge in [-0.15, -0.1) is 0 Å². The first-order chi connectivity index (χ1) is 1.00. The van der Waals surface area contributed by atoms with Crippen molar-refractivity contribution in [3.8, 4) is 0 Å². The normalized spacial score (nSPS) is 0.800. The molecule has 1 nitrogen and oxygen atoms in total. The van der Waals surface area contributed by atoms with E-state index < -0.39 is 0 Å². The summed E-state index contributed by atoms with van der Waals surface area (Å²) in [4.78, 5) is 0. The van der Waals surface area contributed by atoms with E-state index in [0.29, 0.717) is 22.5 Å². The topological polar surface area (TPSA) is 17.1 Å². The third-order valence-electron chi connectivity index (χ3n) is 0. The van der Waals surface area contributed by atoms with E-state index in [9.17, 15) is 0 Å². The molecule has 0 saturated carbocycles. The Labute approximate surface area is 93.7 Å². The minimum atomic E-state index is 0. The third-order valence-corrected chi connectivity index (χ3v) is 0. The van der Waals surface area contributed by atoms with Crippen molar-refractivity contribution in [1.29, 1.82) is 0 Å². The van der Waals surface area contributed by atoms with Crippen LogP contribution in [0, 0.1) is 0 Å². The van der Waals surface area contributed by atoms with Gasteiger partial charge in [0, 0.05) is 70.0 Å². The quantitative estimate of drug-likeness (QED) is 0.437. The molecule has 0 atom stereocenters. The molecule has 0 spiro atoms. The van der Waals surface area contributed by atoms with Crippen LogP contribution < -0.4 is 0 Å². The van der Waals surface area contributed by atoms with Crippen LogP contribution in [-0.4, -0.2) is 92.5 Å². The van der Waals surface area contributed by atoms with Crippen LogP contribution in [0.1, 0.15) is 0 Å². The predicted octanol–water partition coefficient (Wildman–Crippen LogP) is -1.64. The maximum absolute atomic E-state index is 8.34. The molecule has 0 unspecified atom stereocenters. The van der Waals surface area contributed by atoms with Gasteiger partial charge in [0.1, 0.15) is 0 Å². The molecule has 0 amide bonds. The van der Waals surface area contributed by atoms with Crippen molar-refractivity contribution in [2.24, 2.45) is 0 Å². The monoisotopic (exact) mass is 210 g/mol. The van der Waals surface area contributed by atoms with Gasteiger partial charge in [-0.05, 0) is 0 Å². The fraction of sp³-hybridized carbons (Fsp3) is 0. The zero-order chi connectivity index (χ0) is 2.00. The predicted molar refractivity (Wildman–Crippen MR) is 23.7 cm³/mol. The van der Waals surface area contributed by atoms with Gasteiger partial charge in [0.05, 0.1) is 0 Å². The van der Waals surface area contributed by atoms with Gasteiger partial charge in [-0.1, -0.05) is 0 Å². The third kappa shape index (κ3) is 19.7. The first-order valence-electron chi connectivity index (χ1n) is 0.204. The molecule has 5 heteroatoms. The first-order valence-corrected chi connectivity index (χ1v) is 1.37. The summed E-state index contributed by atoms with van der Waals surface area (Å²) in [6.45, 7) is 0. The molecule has 0 fully saturated rings. The molecule has 0 aliphatic heterocycles. The summed E-state index contributed by atoms with van der Waals surface area (Å²) >= 11 is 0.300. The van der Waals surface area contributed by atoms with E-state index in [2.05, 4.69) is 0 Å². The van der Waals surface area contributed by atoms with Crippen LogP contribution in [0.2, 0.25) is 0 Å². The van der Waals surface area contributed by atoms with E-state index in [1.807, 2.05) is 0 Å². The second kappa shape index (κ2) is 28.6. The molecule has 0 N–H and O–H groups in total. The summed E-state index contributed by atoms with van der Waals surface area (Å²) in [7, 11) is 0. The van der Waals surface area contributed by atoms with E-state index in [0.717, 1.165) is 0 Å². The molecule has 0 heterocycles. The summed E-state index contributed by atoms with van der Waals surface area (Å²) in [5.41, 5.74) is 0. The van der Waals surface area contributed by atoms with Crippen molar-refractivity contribution >= 4 is 92.5 Å². The molecule has 0 saturated heterocycles. The van der Waals surface area contributed by atoms with Crippen molar-refractivity contribution < 1.29 is 3.08 Å². The van der Waals surface area contributed by atoms with Crippen molar-refractivity contribution in [3.05, 3.63) is 0 Å². The molecule has 0 aliphatic carbocycles. The number of hydrogen-bond donors (Lipinski definition) is 0. The molecule has 0 rings (SSSR count). The van der Waals surface area contributed by atoms with Gasteiger partial charge in [0.2, 0.25) is 0 Å². The molecule has 0 aromatic heterocycles. The van der Waals surface area contributed by atoms with Gasteiger partial charge in [0.15, 0.2) is 0 Å². The van der Waals surface area contributed by atoms with E-state index in [1.165, 1.54) is 0 Å². The Bertz CT molecular complexity index is 11.6. The molecular weight excluding hydrogens is 209 g/mol. The Morgan fingerprint density at radius 2 is 1.20 bits per heavy atom. The van der Waals surface area contributed by atoms with Crippen LogP contribution in [0.4, 0.5) is 0 Å². The fourth-order valence-electron chi connectivity index (χ4n) is 0. The average Bonchev–Trinajstić information content (AvgIpc) is 1.00. The van der Waals surface area contributed by atoms with Crippen LogP contribution in [0.25, 0.3) is 0 Å². The van der Waals surface area contributed by atoms with E-state index in [-0.39, 0.29) is 70.0 Å². The van der Waals surface area contributed by atoms with Crippen LogP contribution in [0.15, 0.2) is 0 Å². The summed E-state index contributed by atoms with van der Waals surface area (Å²) in [6.07, 6.45) is 0. The van der Waals surface area contributed by atoms with E-state index >= 15 is 0 Å². The zero-order valence-electron chi connectivity index (χ0n) is 3.19. The van der Waals surface area contributed by atoms with E-state index in [4.69, 9.17) is 3.08 Å². The summed E-state index contributed by atoms with van der Waals surface area (Å²) in [6, 6.07) is 0. The molecule has 0 aliphatic rings. The average molecular weight is 209 g/mol. The zero-order valence-corrected chi connectivity index (χ0v) is 10.6. The molecule has 0 aromatic carbocycles. The molecule has 5 heavy (non-hydrogen) atoms. The molecular formula is AlMgNaOSn. The first kappa shape index (κ1) is 24.7. The Morgan fingerprint density at radius 1 is 1.20 bits per heavy atom. The molecule has 8 radical (unpaired) electrons. The van der Waals surface area contributed by atoms with Crippen molar-refractivity contribution in [3.63, 3.8) is 0 Å². The summed E-state index contributed by atoms with van der Waals surface area (Å²) in [5.74, 6) is 0. The Hall–Kier alpha value is 2.90. The van der Waals surface area contributed by atoms with Crippen LogP contribution >= 0.6 is 0 Å². The molecule has 16 valence electrons. The molecule has 0 bridgehead atoms. The van der Waals surface area contributed by atoms with Crippen molar-refractivity contribution in [2.75, 3.05) is 0 Å². The number of hydrogen-bond acceptors (Lipinski definition) is 1. The second-order valence-electron chi connectivity index (χ2n) is 0. The Balaban J connectivity index is -0.00000000167. The van der Waals surface area contributed by atoms with Crippen LogP contribution in [0.5, 0.6) is 0 Å². The Kier molecular flexibility index (Phi) is 141. The van der Waals surface area contributed by atoms with Crippen LogP contribution in [0.3, 0.4) is 0 Å². The maximum atomic E-state index is 8.34. The van der Waals surface area contributed by atoms with Gasteiger partial charge >= 0.3 is 25.6 Å². The van der Waals surface area contributed by atoms with Gasteiger partial charge in [-0.25, -0.2) is 0 Å². The fourth-order valence-corrected chi connectivity index (χ4v) is 0. The van der Waals surface area contributed by atoms with Crippen LogP contribution in [-0.2, 0) is 3.08 Å².